The topological polar surface area (TPSA) is 25.8 Å². The summed E-state index contributed by atoms with van der Waals surface area (Å²) in [6.45, 7) is 0. The highest BCUT2D eigenvalue weighted by molar-refractivity contribution is 8.16. The van der Waals surface area contributed by atoms with E-state index in [4.69, 9.17) is 0 Å². The second-order valence-electron chi connectivity index (χ2n) is 6.36. The van der Waals surface area contributed by atoms with Gasteiger partial charge < -0.3 is 0 Å². The molecule has 0 aliphatic heterocycles. The molecule has 0 amide bonds. The summed E-state index contributed by atoms with van der Waals surface area (Å²) in [6, 6.07) is 0.286. The van der Waals surface area contributed by atoms with Crippen LogP contribution >= 0.6 is 23.5 Å². The minimum Gasteiger partial charge on any atom is -0.217 e. The van der Waals surface area contributed by atoms with Gasteiger partial charge in [-0.05, 0) is 0 Å². The van der Waals surface area contributed by atoms with Gasteiger partial charge in [0.2, 0.25) is 0 Å². The Kier molecular flexibility index (Phi) is 6.27. The maximum atomic E-state index is 14.3. The van der Waals surface area contributed by atoms with Crippen LogP contribution in [-0.4, -0.2) is 15.1 Å². The third kappa shape index (κ3) is 3.70. The highest BCUT2D eigenvalue weighted by atomic mass is 32.2. The van der Waals surface area contributed by atoms with Crippen LogP contribution in [0.3, 0.4) is 0 Å². The number of nitrogens with zero attached hydrogens (tertiary/aromatic N) is 2. The summed E-state index contributed by atoms with van der Waals surface area (Å²) >= 11 is 0.212. The van der Waals surface area contributed by atoms with Gasteiger partial charge in [0.1, 0.15) is 5.52 Å². The molecular weight excluding hydrogens is 529 g/mol. The summed E-state index contributed by atoms with van der Waals surface area (Å²) in [5.74, 6) is -22.2. The fourth-order valence-electron chi connectivity index (χ4n) is 2.95. The first-order valence-corrected chi connectivity index (χ1v) is 10.5. The average molecular weight is 532 g/mol. The second-order valence-corrected chi connectivity index (χ2v) is 8.69. The molecule has 0 N–H and O–H groups in total. The predicted molar refractivity (Wildman–Crippen MR) is 99.6 cm³/mol. The van der Waals surface area contributed by atoms with Crippen molar-refractivity contribution in [2.45, 2.75) is 9.79 Å². The highest BCUT2D eigenvalue weighted by Gasteiger charge is 2.28. The summed E-state index contributed by atoms with van der Waals surface area (Å²) in [4.78, 5) is 3.62. The lowest BCUT2D eigenvalue weighted by atomic mass is 10.2. The molecule has 0 aliphatic carbocycles. The van der Waals surface area contributed by atoms with Crippen molar-refractivity contribution in [3.63, 3.8) is 0 Å². The molecule has 2 heterocycles. The third-order valence-corrected chi connectivity index (χ3v) is 6.72. The molecule has 0 saturated heterocycles. The molecule has 4 aromatic rings. The maximum Gasteiger partial charge on any atom is 0.250 e. The smallest absolute Gasteiger partial charge is 0.217 e. The molecule has 0 fully saturated rings. The average Bonchev–Trinajstić information content (AvgIpc) is 2.79. The van der Waals surface area contributed by atoms with Gasteiger partial charge in [-0.1, -0.05) is 0 Å². The van der Waals surface area contributed by atoms with Crippen LogP contribution in [0.2, 0.25) is 0 Å². The summed E-state index contributed by atoms with van der Waals surface area (Å²) in [7, 11) is 0. The van der Waals surface area contributed by atoms with E-state index in [2.05, 4.69) is 9.97 Å². The Labute approximate surface area is 189 Å². The monoisotopic (exact) mass is 532 g/mol. The van der Waals surface area contributed by atoms with Gasteiger partial charge in [0, 0.05) is 11.2 Å². The number of aromatic nitrogens is 2. The van der Waals surface area contributed by atoms with Crippen LogP contribution in [0.5, 0.6) is 0 Å². The standard InChI is InChI=1S/C19H3F11N2S2/c20-3-1-4-5(8(22)7(3)21)16(13(27)18(29)31-4)33-2-34-17-6-9(23)10(24)11(25)12(26)15(6)32-19(30)14(17)28/h1H,2H2. The fraction of sp³-hybridized carbons (Fsp3) is 0.0526. The van der Waals surface area contributed by atoms with E-state index in [1.54, 1.807) is 0 Å². The molecule has 0 saturated carbocycles. The molecule has 0 bridgehead atoms. The number of rotatable bonds is 4. The van der Waals surface area contributed by atoms with Crippen molar-refractivity contribution < 1.29 is 48.3 Å². The largest absolute Gasteiger partial charge is 0.250 e. The van der Waals surface area contributed by atoms with Gasteiger partial charge in [0.25, 0.3) is 11.9 Å². The van der Waals surface area contributed by atoms with E-state index in [0.29, 0.717) is 0 Å². The van der Waals surface area contributed by atoms with Crippen LogP contribution in [0.25, 0.3) is 21.8 Å². The van der Waals surface area contributed by atoms with Gasteiger partial charge in [0.05, 0.1) is 26.1 Å². The first-order valence-electron chi connectivity index (χ1n) is 8.54. The van der Waals surface area contributed by atoms with Gasteiger partial charge in [-0.3, -0.25) is 0 Å². The van der Waals surface area contributed by atoms with Crippen LogP contribution in [0.15, 0.2) is 15.9 Å². The van der Waals surface area contributed by atoms with E-state index in [9.17, 15) is 48.3 Å². The van der Waals surface area contributed by atoms with Crippen molar-refractivity contribution in [1.29, 1.82) is 0 Å². The van der Waals surface area contributed by atoms with Crippen molar-refractivity contribution in [3.05, 3.63) is 70.3 Å². The molecule has 2 nitrogen and oxygen atoms in total. The van der Waals surface area contributed by atoms with Gasteiger partial charge in [-0.25, -0.2) is 49.5 Å². The number of pyridine rings is 2. The fourth-order valence-corrected chi connectivity index (χ4v) is 5.22. The molecular formula is C19H3F11N2S2. The Bertz CT molecular complexity index is 1510. The van der Waals surface area contributed by atoms with Crippen molar-refractivity contribution in [1.82, 2.24) is 9.97 Å². The zero-order valence-electron chi connectivity index (χ0n) is 15.7. The quantitative estimate of drug-likeness (QED) is 0.0696. The Morgan fingerprint density at radius 2 is 1.03 bits per heavy atom. The molecule has 0 radical (unpaired) electrons. The maximum absolute atomic E-state index is 14.3. The van der Waals surface area contributed by atoms with Crippen molar-refractivity contribution >= 4 is 45.3 Å². The molecule has 4 rings (SSSR count). The molecule has 2 aromatic heterocycles. The Balaban J connectivity index is 1.81. The van der Waals surface area contributed by atoms with E-state index >= 15 is 0 Å². The first-order chi connectivity index (χ1) is 16.0. The first kappa shape index (κ1) is 24.3. The Morgan fingerprint density at radius 1 is 0.529 bits per heavy atom. The second kappa shape index (κ2) is 8.76. The van der Waals surface area contributed by atoms with Crippen LogP contribution in [0.1, 0.15) is 0 Å². The summed E-state index contributed by atoms with van der Waals surface area (Å²) in [5.41, 5.74) is -2.21. The lowest BCUT2D eigenvalue weighted by Gasteiger charge is -2.12. The highest BCUT2D eigenvalue weighted by Crippen LogP contribution is 2.41. The molecule has 0 atom stereocenters. The number of fused-ring (bicyclic) bond motifs is 2. The van der Waals surface area contributed by atoms with Gasteiger partial charge in [-0.15, -0.1) is 23.5 Å². The SMILES string of the molecule is Fc1cc2nc(F)c(F)c(SCSc3c(F)c(F)nc4c(F)c(F)c(F)c(F)c34)c2c(F)c1F. The lowest BCUT2D eigenvalue weighted by Crippen LogP contribution is -2.05. The van der Waals surface area contributed by atoms with Crippen LogP contribution < -0.4 is 0 Å². The lowest BCUT2D eigenvalue weighted by molar-refractivity contribution is 0.412. The van der Waals surface area contributed by atoms with Gasteiger partial charge in [0.15, 0.2) is 52.4 Å². The summed E-state index contributed by atoms with van der Waals surface area (Å²) < 4.78 is 153. The van der Waals surface area contributed by atoms with Crippen LogP contribution in [-0.2, 0) is 0 Å². The van der Waals surface area contributed by atoms with E-state index in [1.807, 2.05) is 0 Å². The third-order valence-electron chi connectivity index (χ3n) is 4.43. The zero-order chi connectivity index (χ0) is 25.1. The minimum atomic E-state index is -2.35. The Hall–Kier alpha value is -2.81. The van der Waals surface area contributed by atoms with E-state index in [-0.39, 0.29) is 29.6 Å². The number of thioether (sulfide) groups is 2. The molecule has 2 aromatic carbocycles. The normalized spacial score (nSPS) is 11.7. The molecule has 178 valence electrons. The zero-order valence-corrected chi connectivity index (χ0v) is 17.3. The Morgan fingerprint density at radius 3 is 1.65 bits per heavy atom. The number of benzene rings is 2. The van der Waals surface area contributed by atoms with E-state index < -0.39 is 101 Å². The number of hydrogen-bond donors (Lipinski definition) is 0. The number of hydrogen-bond acceptors (Lipinski definition) is 4. The van der Waals surface area contributed by atoms with Crippen molar-refractivity contribution in [3.8, 4) is 0 Å². The van der Waals surface area contributed by atoms with Gasteiger partial charge in [-0.2, -0.15) is 8.78 Å². The predicted octanol–water partition coefficient (Wildman–Crippen LogP) is 7.16. The van der Waals surface area contributed by atoms with Crippen LogP contribution in [0.4, 0.5) is 48.3 Å². The van der Waals surface area contributed by atoms with E-state index in [0.717, 1.165) is 0 Å². The van der Waals surface area contributed by atoms with Gasteiger partial charge >= 0.3 is 0 Å². The van der Waals surface area contributed by atoms with Crippen molar-refractivity contribution in [2.24, 2.45) is 0 Å². The molecule has 15 heteroatoms. The van der Waals surface area contributed by atoms with E-state index in [1.165, 1.54) is 0 Å². The van der Waals surface area contributed by atoms with Crippen LogP contribution in [0, 0.1) is 64.3 Å². The van der Waals surface area contributed by atoms with Crippen molar-refractivity contribution in [2.75, 3.05) is 5.08 Å². The molecule has 34 heavy (non-hydrogen) atoms. The summed E-state index contributed by atoms with van der Waals surface area (Å²) in [6.07, 6.45) is 0. The number of halogens is 11. The molecule has 0 aliphatic rings. The summed E-state index contributed by atoms with van der Waals surface area (Å²) in [5, 5.41) is -3.02. The molecule has 0 spiro atoms. The molecule has 0 unspecified atom stereocenters. The minimum absolute atomic E-state index is 0.0717.